The minimum Gasteiger partial charge on any atom is -0.393 e. The van der Waals surface area contributed by atoms with E-state index in [1.165, 1.54) is 25.7 Å². The second-order valence-corrected chi connectivity index (χ2v) is 9.03. The van der Waals surface area contributed by atoms with Gasteiger partial charge in [0.2, 0.25) is 0 Å². The molecule has 1 saturated heterocycles. The predicted octanol–water partition coefficient (Wildman–Crippen LogP) is 3.93. The Bertz CT molecular complexity index is 319. The highest BCUT2D eigenvalue weighted by atomic mass is 16.3. The van der Waals surface area contributed by atoms with Gasteiger partial charge in [0.1, 0.15) is 0 Å². The van der Waals surface area contributed by atoms with Crippen molar-refractivity contribution in [2.45, 2.75) is 84.4 Å². The van der Waals surface area contributed by atoms with E-state index in [4.69, 9.17) is 0 Å². The lowest BCUT2D eigenvalue weighted by atomic mass is 9.63. The Kier molecular flexibility index (Phi) is 4.30. The molecular weight excluding hydrogens is 246 g/mol. The number of hydrogen-bond acceptors (Lipinski definition) is 2. The van der Waals surface area contributed by atoms with Crippen molar-refractivity contribution in [2.24, 2.45) is 23.7 Å². The van der Waals surface area contributed by atoms with Crippen molar-refractivity contribution in [1.29, 1.82) is 0 Å². The minimum absolute atomic E-state index is 0.0847. The van der Waals surface area contributed by atoms with E-state index in [1.54, 1.807) is 0 Å². The van der Waals surface area contributed by atoms with Gasteiger partial charge in [-0.3, -0.25) is 4.90 Å². The number of aliphatic hydroxyl groups is 1. The molecule has 2 nitrogen and oxygen atoms in total. The fraction of sp³-hybridized carbons (Fsp3) is 1.00. The van der Waals surface area contributed by atoms with Crippen LogP contribution in [-0.2, 0) is 0 Å². The molecule has 0 spiro atoms. The number of likely N-dealkylation sites (tertiary alicyclic amines) is 1. The Labute approximate surface area is 125 Å². The molecule has 0 aromatic rings. The van der Waals surface area contributed by atoms with Crippen LogP contribution < -0.4 is 0 Å². The molecule has 0 radical (unpaired) electrons. The van der Waals surface area contributed by atoms with Gasteiger partial charge in [0, 0.05) is 11.1 Å². The zero-order valence-corrected chi connectivity index (χ0v) is 14.6. The topological polar surface area (TPSA) is 23.5 Å². The van der Waals surface area contributed by atoms with E-state index in [0.29, 0.717) is 11.8 Å². The molecule has 2 fully saturated rings. The first-order valence-corrected chi connectivity index (χ1v) is 8.46. The molecule has 118 valence electrons. The third-order valence-corrected chi connectivity index (χ3v) is 6.52. The molecule has 0 aromatic carbocycles. The molecule has 1 aliphatic carbocycles. The number of piperidine rings is 1. The maximum Gasteiger partial charge on any atom is 0.0591 e. The number of hydrogen-bond donors (Lipinski definition) is 1. The second kappa shape index (κ2) is 5.28. The summed E-state index contributed by atoms with van der Waals surface area (Å²) in [6.07, 6.45) is 4.94. The molecule has 0 bridgehead atoms. The zero-order valence-electron chi connectivity index (χ0n) is 14.6. The number of rotatable bonds is 1. The first-order chi connectivity index (χ1) is 9.04. The monoisotopic (exact) mass is 281 g/mol. The van der Waals surface area contributed by atoms with Gasteiger partial charge < -0.3 is 5.11 Å². The maximum atomic E-state index is 10.2. The van der Waals surface area contributed by atoms with Crippen LogP contribution in [0.25, 0.3) is 0 Å². The van der Waals surface area contributed by atoms with Gasteiger partial charge in [-0.1, -0.05) is 13.8 Å². The van der Waals surface area contributed by atoms with Crippen LogP contribution in [0.5, 0.6) is 0 Å². The van der Waals surface area contributed by atoms with Crippen LogP contribution in [0.4, 0.5) is 0 Å². The van der Waals surface area contributed by atoms with Crippen LogP contribution in [0.2, 0.25) is 0 Å². The van der Waals surface area contributed by atoms with Crippen molar-refractivity contribution in [3.05, 3.63) is 0 Å². The first kappa shape index (κ1) is 16.3. The van der Waals surface area contributed by atoms with Crippen LogP contribution in [-0.4, -0.2) is 34.2 Å². The van der Waals surface area contributed by atoms with Crippen LogP contribution in [0.15, 0.2) is 0 Å². The largest absolute Gasteiger partial charge is 0.393 e. The second-order valence-electron chi connectivity index (χ2n) is 9.03. The van der Waals surface area contributed by atoms with Gasteiger partial charge in [0.25, 0.3) is 0 Å². The summed E-state index contributed by atoms with van der Waals surface area (Å²) in [6, 6.07) is 0. The molecule has 1 heterocycles. The molecule has 0 aromatic heterocycles. The van der Waals surface area contributed by atoms with Gasteiger partial charge >= 0.3 is 0 Å². The molecule has 1 N–H and O–H groups in total. The summed E-state index contributed by atoms with van der Waals surface area (Å²) >= 11 is 0. The Morgan fingerprint density at radius 3 is 1.65 bits per heavy atom. The van der Waals surface area contributed by atoms with E-state index in [9.17, 15) is 5.11 Å². The van der Waals surface area contributed by atoms with Gasteiger partial charge in [0.15, 0.2) is 0 Å². The molecule has 1 saturated carbocycles. The van der Waals surface area contributed by atoms with Gasteiger partial charge in [-0.05, 0) is 84.1 Å². The standard InChI is InChI=1S/C18H35NO/c1-12-8-14(9-13(2)16(12)20)15-10-17(3,4)19(7)18(5,6)11-15/h12-16,20H,8-11H2,1-7H3. The van der Waals surface area contributed by atoms with Crippen molar-refractivity contribution in [3.8, 4) is 0 Å². The molecule has 20 heavy (non-hydrogen) atoms. The molecular formula is C18H35NO. The van der Waals surface area contributed by atoms with Gasteiger partial charge in [-0.2, -0.15) is 0 Å². The summed E-state index contributed by atoms with van der Waals surface area (Å²) in [5.41, 5.74) is 0.573. The fourth-order valence-electron chi connectivity index (χ4n) is 5.06. The van der Waals surface area contributed by atoms with Crippen LogP contribution in [0.1, 0.15) is 67.2 Å². The van der Waals surface area contributed by atoms with E-state index in [1.807, 2.05) is 0 Å². The van der Waals surface area contributed by atoms with Crippen molar-refractivity contribution in [3.63, 3.8) is 0 Å². The third-order valence-electron chi connectivity index (χ3n) is 6.52. The van der Waals surface area contributed by atoms with E-state index in [-0.39, 0.29) is 17.2 Å². The molecule has 2 rings (SSSR count). The summed E-state index contributed by atoms with van der Waals surface area (Å²) in [4.78, 5) is 2.57. The van der Waals surface area contributed by atoms with E-state index in [2.05, 4.69) is 53.5 Å². The van der Waals surface area contributed by atoms with E-state index < -0.39 is 0 Å². The molecule has 2 atom stereocenters. The average molecular weight is 281 g/mol. The number of nitrogens with zero attached hydrogens (tertiary/aromatic N) is 1. The van der Waals surface area contributed by atoms with Crippen molar-refractivity contribution in [1.82, 2.24) is 4.90 Å². The van der Waals surface area contributed by atoms with Crippen LogP contribution in [0.3, 0.4) is 0 Å². The zero-order chi connectivity index (χ0) is 15.3. The van der Waals surface area contributed by atoms with Gasteiger partial charge in [-0.15, -0.1) is 0 Å². The minimum atomic E-state index is -0.0847. The SMILES string of the molecule is CC1CC(C2CC(C)(C)N(C)C(C)(C)C2)CC(C)C1O. The molecule has 2 unspecified atom stereocenters. The first-order valence-electron chi connectivity index (χ1n) is 8.46. The third kappa shape index (κ3) is 2.92. The highest BCUT2D eigenvalue weighted by molar-refractivity contribution is 5.01. The van der Waals surface area contributed by atoms with Crippen LogP contribution >= 0.6 is 0 Å². The summed E-state index contributed by atoms with van der Waals surface area (Å²) in [5.74, 6) is 2.55. The quantitative estimate of drug-likeness (QED) is 0.787. The maximum absolute atomic E-state index is 10.2. The van der Waals surface area contributed by atoms with Crippen molar-refractivity contribution in [2.75, 3.05) is 7.05 Å². The fourth-order valence-corrected chi connectivity index (χ4v) is 5.06. The summed E-state index contributed by atoms with van der Waals surface area (Å²) in [5, 5.41) is 10.2. The summed E-state index contributed by atoms with van der Waals surface area (Å²) < 4.78 is 0. The van der Waals surface area contributed by atoms with Gasteiger partial charge in [-0.25, -0.2) is 0 Å². The Balaban J connectivity index is 2.13. The van der Waals surface area contributed by atoms with E-state index >= 15 is 0 Å². The highest BCUT2D eigenvalue weighted by Gasteiger charge is 2.46. The van der Waals surface area contributed by atoms with Crippen molar-refractivity contribution >= 4 is 0 Å². The molecule has 2 heteroatoms. The Hall–Kier alpha value is -0.0800. The molecule has 1 aliphatic heterocycles. The van der Waals surface area contributed by atoms with Crippen molar-refractivity contribution < 1.29 is 5.11 Å². The lowest BCUT2D eigenvalue weighted by Crippen LogP contribution is -2.59. The average Bonchev–Trinajstić information content (AvgIpc) is 2.31. The molecule has 0 amide bonds. The number of aliphatic hydroxyl groups excluding tert-OH is 1. The molecule has 2 aliphatic rings. The normalized spacial score (nSPS) is 42.6. The Morgan fingerprint density at radius 2 is 1.25 bits per heavy atom. The van der Waals surface area contributed by atoms with Gasteiger partial charge in [0.05, 0.1) is 6.10 Å². The highest BCUT2D eigenvalue weighted by Crippen LogP contribution is 2.48. The predicted molar refractivity (Wildman–Crippen MR) is 85.7 cm³/mol. The lowest BCUT2D eigenvalue weighted by molar-refractivity contribution is -0.0684. The smallest absolute Gasteiger partial charge is 0.0591 e. The Morgan fingerprint density at radius 1 is 0.850 bits per heavy atom. The summed E-state index contributed by atoms with van der Waals surface area (Å²) in [7, 11) is 2.28. The lowest BCUT2D eigenvalue weighted by Gasteiger charge is -2.56. The summed E-state index contributed by atoms with van der Waals surface area (Å²) in [6.45, 7) is 14.0. The van der Waals surface area contributed by atoms with Crippen LogP contribution in [0, 0.1) is 23.7 Å². The van der Waals surface area contributed by atoms with E-state index in [0.717, 1.165) is 11.8 Å².